The first kappa shape index (κ1) is 15.8. The first-order valence-corrected chi connectivity index (χ1v) is 8.26. The van der Waals surface area contributed by atoms with Crippen LogP contribution in [-0.4, -0.2) is 62.3 Å². The first-order chi connectivity index (χ1) is 10.6. The fourth-order valence-corrected chi connectivity index (χ4v) is 3.86. The SMILES string of the molecule is COc1ccccc1CN1CC[C@@]2(C[C@H](N(C)C)CCO2)C1. The fourth-order valence-electron chi connectivity index (χ4n) is 3.86. The molecule has 0 saturated carbocycles. The molecule has 2 atom stereocenters. The molecule has 4 nitrogen and oxygen atoms in total. The second-order valence-electron chi connectivity index (χ2n) is 6.91. The minimum absolute atomic E-state index is 0.0647. The average molecular weight is 304 g/mol. The molecule has 1 aromatic carbocycles. The van der Waals surface area contributed by atoms with Gasteiger partial charge in [0.15, 0.2) is 0 Å². The molecule has 0 bridgehead atoms. The molecule has 22 heavy (non-hydrogen) atoms. The van der Waals surface area contributed by atoms with Crippen molar-refractivity contribution >= 4 is 0 Å². The van der Waals surface area contributed by atoms with Crippen molar-refractivity contribution in [2.45, 2.75) is 37.5 Å². The number of ether oxygens (including phenoxy) is 2. The Balaban J connectivity index is 1.64. The summed E-state index contributed by atoms with van der Waals surface area (Å²) in [5.74, 6) is 0.985. The van der Waals surface area contributed by atoms with Crippen molar-refractivity contribution in [3.8, 4) is 5.75 Å². The van der Waals surface area contributed by atoms with E-state index in [1.807, 2.05) is 12.1 Å². The normalized spacial score (nSPS) is 29.4. The lowest BCUT2D eigenvalue weighted by molar-refractivity contribution is -0.0932. The van der Waals surface area contributed by atoms with Gasteiger partial charge in [-0.1, -0.05) is 18.2 Å². The van der Waals surface area contributed by atoms with Crippen LogP contribution < -0.4 is 4.74 Å². The molecule has 2 aliphatic heterocycles. The molecule has 0 aliphatic carbocycles. The van der Waals surface area contributed by atoms with Crippen molar-refractivity contribution in [1.82, 2.24) is 9.80 Å². The number of methoxy groups -OCH3 is 1. The molecule has 2 fully saturated rings. The van der Waals surface area contributed by atoms with E-state index in [0.29, 0.717) is 6.04 Å². The van der Waals surface area contributed by atoms with Gasteiger partial charge in [0.2, 0.25) is 0 Å². The van der Waals surface area contributed by atoms with E-state index >= 15 is 0 Å². The summed E-state index contributed by atoms with van der Waals surface area (Å²) in [6, 6.07) is 8.97. The predicted octanol–water partition coefficient (Wildman–Crippen LogP) is 2.38. The van der Waals surface area contributed by atoms with E-state index in [2.05, 4.69) is 36.0 Å². The molecule has 0 aromatic heterocycles. The summed E-state index contributed by atoms with van der Waals surface area (Å²) in [4.78, 5) is 4.86. The van der Waals surface area contributed by atoms with E-state index in [1.54, 1.807) is 7.11 Å². The van der Waals surface area contributed by atoms with Gasteiger partial charge in [0.25, 0.3) is 0 Å². The van der Waals surface area contributed by atoms with Gasteiger partial charge in [-0.25, -0.2) is 0 Å². The molecule has 122 valence electrons. The average Bonchev–Trinajstić information content (AvgIpc) is 2.90. The molecule has 0 radical (unpaired) electrons. The number of para-hydroxylation sites is 1. The maximum Gasteiger partial charge on any atom is 0.123 e. The number of nitrogens with zero attached hydrogens (tertiary/aromatic N) is 2. The predicted molar refractivity (Wildman–Crippen MR) is 88.3 cm³/mol. The highest BCUT2D eigenvalue weighted by Crippen LogP contribution is 2.36. The largest absolute Gasteiger partial charge is 0.496 e. The third kappa shape index (κ3) is 3.29. The molecule has 1 aromatic rings. The van der Waals surface area contributed by atoms with Gasteiger partial charge in [-0.15, -0.1) is 0 Å². The number of benzene rings is 1. The zero-order chi connectivity index (χ0) is 15.6. The van der Waals surface area contributed by atoms with E-state index < -0.39 is 0 Å². The number of rotatable bonds is 4. The summed E-state index contributed by atoms with van der Waals surface area (Å²) in [6.07, 6.45) is 3.45. The van der Waals surface area contributed by atoms with Crippen LogP contribution in [0.15, 0.2) is 24.3 Å². The zero-order valence-electron chi connectivity index (χ0n) is 14.0. The molecule has 4 heteroatoms. The van der Waals surface area contributed by atoms with Crippen LogP contribution in [0.25, 0.3) is 0 Å². The van der Waals surface area contributed by atoms with Crippen LogP contribution in [0.2, 0.25) is 0 Å². The first-order valence-electron chi connectivity index (χ1n) is 8.26. The Morgan fingerprint density at radius 2 is 2.18 bits per heavy atom. The Kier molecular flexibility index (Phi) is 4.71. The molecule has 2 heterocycles. The monoisotopic (exact) mass is 304 g/mol. The summed E-state index contributed by atoms with van der Waals surface area (Å²) in [7, 11) is 6.12. The molecule has 1 spiro atoms. The van der Waals surface area contributed by atoms with Gasteiger partial charge >= 0.3 is 0 Å². The van der Waals surface area contributed by atoms with Crippen LogP contribution in [0.1, 0.15) is 24.8 Å². The third-order valence-electron chi connectivity index (χ3n) is 5.18. The number of hydrogen-bond donors (Lipinski definition) is 0. The van der Waals surface area contributed by atoms with Gasteiger partial charge in [-0.05, 0) is 39.4 Å². The molecule has 2 saturated heterocycles. The smallest absolute Gasteiger partial charge is 0.123 e. The number of hydrogen-bond acceptors (Lipinski definition) is 4. The lowest BCUT2D eigenvalue weighted by Gasteiger charge is -2.40. The Hall–Kier alpha value is -1.10. The van der Waals surface area contributed by atoms with Crippen molar-refractivity contribution in [2.24, 2.45) is 0 Å². The van der Waals surface area contributed by atoms with Crippen LogP contribution in [0.4, 0.5) is 0 Å². The topological polar surface area (TPSA) is 24.9 Å². The molecule has 0 unspecified atom stereocenters. The van der Waals surface area contributed by atoms with Crippen molar-refractivity contribution in [3.05, 3.63) is 29.8 Å². The summed E-state index contributed by atoms with van der Waals surface area (Å²) in [6.45, 7) is 3.99. The van der Waals surface area contributed by atoms with Gasteiger partial charge in [0.1, 0.15) is 5.75 Å². The molecule has 0 N–H and O–H groups in total. The van der Waals surface area contributed by atoms with E-state index in [9.17, 15) is 0 Å². The van der Waals surface area contributed by atoms with Gasteiger partial charge < -0.3 is 14.4 Å². The van der Waals surface area contributed by atoms with Gasteiger partial charge in [0.05, 0.1) is 12.7 Å². The lowest BCUT2D eigenvalue weighted by atomic mass is 9.89. The third-order valence-corrected chi connectivity index (χ3v) is 5.18. The van der Waals surface area contributed by atoms with Gasteiger partial charge in [-0.2, -0.15) is 0 Å². The standard InChI is InChI=1S/C18H28N2O2/c1-19(2)16-8-11-22-18(12-16)9-10-20(14-18)13-15-6-4-5-7-17(15)21-3/h4-7,16H,8-14H2,1-3H3/t16-,18-/m1/s1. The Bertz CT molecular complexity index is 506. The quantitative estimate of drug-likeness (QED) is 0.853. The van der Waals surface area contributed by atoms with Crippen LogP contribution in [0, 0.1) is 0 Å². The molecule has 3 rings (SSSR count). The maximum absolute atomic E-state index is 6.23. The molecule has 0 amide bonds. The Morgan fingerprint density at radius 3 is 2.95 bits per heavy atom. The molecule has 2 aliphatic rings. The maximum atomic E-state index is 6.23. The van der Waals surface area contributed by atoms with Gasteiger partial charge in [0, 0.05) is 37.8 Å². The van der Waals surface area contributed by atoms with Crippen LogP contribution in [-0.2, 0) is 11.3 Å². The molecular formula is C18H28N2O2. The summed E-state index contributed by atoms with van der Waals surface area (Å²) in [5.41, 5.74) is 1.33. The van der Waals surface area contributed by atoms with Crippen LogP contribution in [0.5, 0.6) is 5.75 Å². The highest BCUT2D eigenvalue weighted by Gasteiger charge is 2.43. The van der Waals surface area contributed by atoms with E-state index in [-0.39, 0.29) is 5.60 Å². The second kappa shape index (κ2) is 6.57. The summed E-state index contributed by atoms with van der Waals surface area (Å²) in [5, 5.41) is 0. The summed E-state index contributed by atoms with van der Waals surface area (Å²) < 4.78 is 11.7. The highest BCUT2D eigenvalue weighted by molar-refractivity contribution is 5.33. The van der Waals surface area contributed by atoms with Crippen LogP contribution >= 0.6 is 0 Å². The second-order valence-corrected chi connectivity index (χ2v) is 6.91. The highest BCUT2D eigenvalue weighted by atomic mass is 16.5. The van der Waals surface area contributed by atoms with E-state index in [0.717, 1.165) is 51.3 Å². The van der Waals surface area contributed by atoms with E-state index in [1.165, 1.54) is 5.56 Å². The number of likely N-dealkylation sites (tertiary alicyclic amines) is 1. The Labute approximate surface area is 134 Å². The zero-order valence-corrected chi connectivity index (χ0v) is 14.0. The minimum atomic E-state index is 0.0647. The van der Waals surface area contributed by atoms with Crippen molar-refractivity contribution < 1.29 is 9.47 Å². The molecular weight excluding hydrogens is 276 g/mol. The van der Waals surface area contributed by atoms with Crippen molar-refractivity contribution in [3.63, 3.8) is 0 Å². The lowest BCUT2D eigenvalue weighted by Crippen LogP contribution is -2.48. The Morgan fingerprint density at radius 1 is 1.36 bits per heavy atom. The van der Waals surface area contributed by atoms with Gasteiger partial charge in [-0.3, -0.25) is 4.90 Å². The fraction of sp³-hybridized carbons (Fsp3) is 0.667. The minimum Gasteiger partial charge on any atom is -0.496 e. The van der Waals surface area contributed by atoms with Crippen molar-refractivity contribution in [1.29, 1.82) is 0 Å². The van der Waals surface area contributed by atoms with Crippen LogP contribution in [0.3, 0.4) is 0 Å². The summed E-state index contributed by atoms with van der Waals surface area (Å²) >= 11 is 0. The van der Waals surface area contributed by atoms with E-state index in [4.69, 9.17) is 9.47 Å². The van der Waals surface area contributed by atoms with Crippen molar-refractivity contribution in [2.75, 3.05) is 40.9 Å².